The molecule has 5 nitrogen and oxygen atoms in total. The second-order valence-corrected chi connectivity index (χ2v) is 16.4. The van der Waals surface area contributed by atoms with Crippen molar-refractivity contribution in [2.75, 3.05) is 0 Å². The van der Waals surface area contributed by atoms with Crippen molar-refractivity contribution in [1.29, 1.82) is 0 Å². The maximum Gasteiger partial charge on any atom is 0.166 e. The summed E-state index contributed by atoms with van der Waals surface area (Å²) in [6.45, 7) is 13.2. The van der Waals surface area contributed by atoms with Crippen LogP contribution < -0.4 is 0 Å². The number of nitrogens with zero attached hydrogens (tertiary/aromatic N) is 5. The Labute approximate surface area is 357 Å². The Hall–Kier alpha value is -7.50. The lowest BCUT2D eigenvalue weighted by Crippen LogP contribution is -2.04. The van der Waals surface area contributed by atoms with Crippen molar-refractivity contribution in [2.45, 2.75) is 41.5 Å². The molecule has 10 aromatic rings. The highest BCUT2D eigenvalue weighted by atomic mass is 15.1. The summed E-state index contributed by atoms with van der Waals surface area (Å²) in [5, 5.41) is 2.36. The Morgan fingerprint density at radius 3 is 1.28 bits per heavy atom. The lowest BCUT2D eigenvalue weighted by atomic mass is 9.92. The number of aromatic nitrogens is 5. The summed E-state index contributed by atoms with van der Waals surface area (Å²) in [5.74, 6) is 1.83. The molecule has 294 valence electrons. The molecular weight excluding hydrogens is 743 g/mol. The van der Waals surface area contributed by atoms with Crippen LogP contribution >= 0.6 is 0 Å². The van der Waals surface area contributed by atoms with Crippen LogP contribution in [0, 0.1) is 41.5 Å². The zero-order valence-corrected chi connectivity index (χ0v) is 35.3. The van der Waals surface area contributed by atoms with Gasteiger partial charge in [-0.05, 0) is 134 Å². The molecule has 10 rings (SSSR count). The van der Waals surface area contributed by atoms with Gasteiger partial charge in [0.2, 0.25) is 0 Å². The van der Waals surface area contributed by atoms with Gasteiger partial charge in [0, 0.05) is 39.9 Å². The van der Waals surface area contributed by atoms with Crippen molar-refractivity contribution in [1.82, 2.24) is 24.5 Å². The molecule has 3 heterocycles. The Bertz CT molecular complexity index is 3070. The summed E-state index contributed by atoms with van der Waals surface area (Å²) in [6.07, 6.45) is 3.68. The van der Waals surface area contributed by atoms with Crippen molar-refractivity contribution in [3.8, 4) is 73.2 Å². The normalized spacial score (nSPS) is 11.4. The Kier molecular flexibility index (Phi) is 9.45. The molecule has 7 aromatic carbocycles. The second kappa shape index (κ2) is 15.3. The van der Waals surface area contributed by atoms with Crippen LogP contribution in [0.5, 0.6) is 0 Å². The minimum atomic E-state index is 0.594. The van der Waals surface area contributed by atoms with E-state index in [9.17, 15) is 0 Å². The molecule has 61 heavy (non-hydrogen) atoms. The van der Waals surface area contributed by atoms with Crippen LogP contribution in [0.2, 0.25) is 0 Å². The van der Waals surface area contributed by atoms with E-state index >= 15 is 0 Å². The molecule has 0 atom stereocenters. The average Bonchev–Trinajstić information content (AvgIpc) is 3.59. The molecule has 0 aliphatic heterocycles. The molecule has 3 aromatic heterocycles. The number of hydrogen-bond donors (Lipinski definition) is 0. The number of pyridine rings is 1. The average molecular weight is 788 g/mol. The highest BCUT2D eigenvalue weighted by Crippen LogP contribution is 2.42. The van der Waals surface area contributed by atoms with Crippen molar-refractivity contribution in [3.05, 3.63) is 197 Å². The van der Waals surface area contributed by atoms with E-state index in [1.54, 1.807) is 0 Å². The first kappa shape index (κ1) is 37.7. The van der Waals surface area contributed by atoms with Crippen LogP contribution in [0.25, 0.3) is 95.0 Å². The molecule has 0 amide bonds. The summed E-state index contributed by atoms with van der Waals surface area (Å²) in [7, 11) is 0. The van der Waals surface area contributed by atoms with Gasteiger partial charge in [-0.15, -0.1) is 0 Å². The third-order valence-electron chi connectivity index (χ3n) is 11.9. The zero-order chi connectivity index (χ0) is 41.8. The Balaban J connectivity index is 1.32. The molecule has 0 saturated heterocycles. The lowest BCUT2D eigenvalue weighted by Gasteiger charge is -2.18. The fraction of sp³-hybridized carbons (Fsp3) is 0.107. The van der Waals surface area contributed by atoms with E-state index in [0.29, 0.717) is 17.5 Å². The summed E-state index contributed by atoms with van der Waals surface area (Å²) in [4.78, 5) is 20.0. The topological polar surface area (TPSA) is 56.5 Å². The van der Waals surface area contributed by atoms with Crippen LogP contribution in [0.1, 0.15) is 33.4 Å². The quantitative estimate of drug-likeness (QED) is 0.161. The molecule has 0 bridgehead atoms. The molecule has 0 aliphatic carbocycles. The molecule has 0 saturated carbocycles. The van der Waals surface area contributed by atoms with Gasteiger partial charge in [-0.1, -0.05) is 126 Å². The van der Waals surface area contributed by atoms with Crippen LogP contribution in [0.15, 0.2) is 164 Å². The lowest BCUT2D eigenvalue weighted by molar-refractivity contribution is 1.06. The molecular formula is C56H45N5. The standard InChI is InChI=1S/C56H45N5/c1-34-27-36(3)52(37(4)28-34)44-17-20-46-47-21-18-45(53-38(5)29-35(2)30-39(53)6)33-51(47)61(50(46)32-44)49-22-19-43(40-23-25-57-26-24-40)31-48(49)56-59-54(41-13-9-7-10-14-41)58-55(60-56)42-15-11-8-12-16-42/h7-33H,1-6H3. The van der Waals surface area contributed by atoms with Gasteiger partial charge in [-0.2, -0.15) is 0 Å². The molecule has 5 heteroatoms. The highest BCUT2D eigenvalue weighted by molar-refractivity contribution is 6.12. The van der Waals surface area contributed by atoms with Crippen molar-refractivity contribution in [3.63, 3.8) is 0 Å². The number of hydrogen-bond acceptors (Lipinski definition) is 4. The number of benzene rings is 7. The van der Waals surface area contributed by atoms with Crippen LogP contribution in [-0.2, 0) is 0 Å². The maximum atomic E-state index is 5.31. The zero-order valence-electron chi connectivity index (χ0n) is 35.3. The summed E-state index contributed by atoms with van der Waals surface area (Å²) < 4.78 is 2.44. The van der Waals surface area contributed by atoms with E-state index in [1.807, 2.05) is 48.8 Å². The molecule has 0 spiro atoms. The van der Waals surface area contributed by atoms with Gasteiger partial charge >= 0.3 is 0 Å². The number of fused-ring (bicyclic) bond motifs is 3. The Morgan fingerprint density at radius 1 is 0.361 bits per heavy atom. The monoisotopic (exact) mass is 787 g/mol. The Morgan fingerprint density at radius 2 is 0.803 bits per heavy atom. The van der Waals surface area contributed by atoms with Crippen LogP contribution in [0.4, 0.5) is 0 Å². The second-order valence-electron chi connectivity index (χ2n) is 16.4. The van der Waals surface area contributed by atoms with Gasteiger partial charge in [-0.25, -0.2) is 15.0 Å². The fourth-order valence-corrected chi connectivity index (χ4v) is 9.42. The molecule has 0 aliphatic rings. The predicted molar refractivity (Wildman–Crippen MR) is 253 cm³/mol. The van der Waals surface area contributed by atoms with E-state index in [4.69, 9.17) is 15.0 Å². The van der Waals surface area contributed by atoms with Gasteiger partial charge in [0.25, 0.3) is 0 Å². The summed E-state index contributed by atoms with van der Waals surface area (Å²) in [6, 6.07) is 54.2. The highest BCUT2D eigenvalue weighted by Gasteiger charge is 2.22. The number of aryl methyl sites for hydroxylation is 6. The largest absolute Gasteiger partial charge is 0.308 e. The van der Waals surface area contributed by atoms with Crippen molar-refractivity contribution in [2.24, 2.45) is 0 Å². The molecule has 0 unspecified atom stereocenters. The van der Waals surface area contributed by atoms with Gasteiger partial charge < -0.3 is 4.57 Å². The SMILES string of the molecule is Cc1cc(C)c(-c2ccc3c4ccc(-c5c(C)cc(C)cc5C)cc4n(-c4ccc(-c5ccncc5)cc4-c4nc(-c5ccccc5)nc(-c5ccccc5)n4)c3c2)c(C)c1. The fourth-order valence-electron chi connectivity index (χ4n) is 9.42. The first-order valence-corrected chi connectivity index (χ1v) is 20.9. The van der Waals surface area contributed by atoms with Crippen molar-refractivity contribution >= 4 is 21.8 Å². The van der Waals surface area contributed by atoms with Crippen LogP contribution in [0.3, 0.4) is 0 Å². The van der Waals surface area contributed by atoms with Gasteiger partial charge in [0.1, 0.15) is 0 Å². The number of rotatable bonds is 7. The van der Waals surface area contributed by atoms with E-state index in [-0.39, 0.29) is 0 Å². The molecule has 0 N–H and O–H groups in total. The molecule has 0 radical (unpaired) electrons. The molecule has 0 fully saturated rings. The summed E-state index contributed by atoms with van der Waals surface area (Å²) >= 11 is 0. The van der Waals surface area contributed by atoms with E-state index in [2.05, 4.69) is 166 Å². The summed E-state index contributed by atoms with van der Waals surface area (Å²) in [5.41, 5.74) is 20.5. The van der Waals surface area contributed by atoms with Gasteiger partial charge in [-0.3, -0.25) is 4.98 Å². The minimum absolute atomic E-state index is 0.594. The third-order valence-corrected chi connectivity index (χ3v) is 11.9. The minimum Gasteiger partial charge on any atom is -0.308 e. The first-order chi connectivity index (χ1) is 29.7. The van der Waals surface area contributed by atoms with E-state index < -0.39 is 0 Å². The smallest absolute Gasteiger partial charge is 0.166 e. The van der Waals surface area contributed by atoms with Crippen molar-refractivity contribution < 1.29 is 0 Å². The van der Waals surface area contributed by atoms with Gasteiger partial charge in [0.15, 0.2) is 17.5 Å². The first-order valence-electron chi connectivity index (χ1n) is 20.9. The van der Waals surface area contributed by atoms with Crippen LogP contribution in [-0.4, -0.2) is 24.5 Å². The van der Waals surface area contributed by atoms with E-state index in [1.165, 1.54) is 66.4 Å². The maximum absolute atomic E-state index is 5.31. The van der Waals surface area contributed by atoms with E-state index in [0.717, 1.165) is 44.5 Å². The third kappa shape index (κ3) is 6.88. The van der Waals surface area contributed by atoms with Gasteiger partial charge in [0.05, 0.1) is 16.7 Å². The predicted octanol–water partition coefficient (Wildman–Crippen LogP) is 14.2.